The first-order valence-electron chi connectivity index (χ1n) is 5.15. The van der Waals surface area contributed by atoms with Crippen LogP contribution in [0.1, 0.15) is 0 Å². The molecule has 18 heteroatoms. The molecular formula is C8F16I2. The van der Waals surface area contributed by atoms with Gasteiger partial charge >= 0.3 is 43.4 Å². The molecule has 0 amide bonds. The van der Waals surface area contributed by atoms with Gasteiger partial charge in [0.1, 0.15) is 0 Å². The summed E-state index contributed by atoms with van der Waals surface area (Å²) in [5, 5.41) is 0. The minimum absolute atomic E-state index is 0.936. The van der Waals surface area contributed by atoms with Gasteiger partial charge in [-0.15, -0.1) is 0 Å². The molecule has 0 bridgehead atoms. The van der Waals surface area contributed by atoms with Gasteiger partial charge in [-0.05, 0) is 0 Å². The molecule has 0 spiro atoms. The van der Waals surface area contributed by atoms with Crippen LogP contribution < -0.4 is 0 Å². The van der Waals surface area contributed by atoms with Gasteiger partial charge in [0.15, 0.2) is 0 Å². The van der Waals surface area contributed by atoms with Crippen LogP contribution in [0.25, 0.3) is 0 Å². The molecule has 0 saturated carbocycles. The second-order valence-corrected chi connectivity index (χ2v) is 7.15. The Labute approximate surface area is 158 Å². The van der Waals surface area contributed by atoms with Crippen molar-refractivity contribution in [3.05, 3.63) is 0 Å². The molecule has 0 aliphatic heterocycles. The molecule has 0 aromatic rings. The first-order valence-corrected chi connectivity index (χ1v) is 7.31. The van der Waals surface area contributed by atoms with Crippen molar-refractivity contribution in [2.45, 2.75) is 43.4 Å². The Morgan fingerprint density at radius 2 is 0.385 bits per heavy atom. The molecule has 0 unspecified atom stereocenters. The fraction of sp³-hybridized carbons (Fsp3) is 1.00. The van der Waals surface area contributed by atoms with Crippen molar-refractivity contribution in [3.8, 4) is 0 Å². The lowest BCUT2D eigenvalue weighted by molar-refractivity contribution is -0.441. The molecule has 0 heterocycles. The predicted octanol–water partition coefficient (Wildman–Crippen LogP) is 6.85. The van der Waals surface area contributed by atoms with E-state index in [4.69, 9.17) is 0 Å². The number of rotatable bonds is 7. The predicted molar refractivity (Wildman–Crippen MR) is 67.6 cm³/mol. The zero-order chi connectivity index (χ0) is 22.0. The molecule has 0 aromatic heterocycles. The van der Waals surface area contributed by atoms with Gasteiger partial charge in [0.05, 0.1) is 0 Å². The van der Waals surface area contributed by atoms with Crippen molar-refractivity contribution < 1.29 is 70.2 Å². The molecule has 0 aromatic carbocycles. The molecule has 158 valence electrons. The van der Waals surface area contributed by atoms with Crippen LogP contribution in [0, 0.1) is 0 Å². The Balaban J connectivity index is 6.61. The van der Waals surface area contributed by atoms with Crippen LogP contribution in [0.2, 0.25) is 0 Å². The zero-order valence-corrected chi connectivity index (χ0v) is 15.1. The van der Waals surface area contributed by atoms with E-state index in [9.17, 15) is 70.2 Å². The summed E-state index contributed by atoms with van der Waals surface area (Å²) in [4.78, 5) is 0. The van der Waals surface area contributed by atoms with Gasteiger partial charge in [-0.3, -0.25) is 0 Å². The number of hydrogen-bond donors (Lipinski definition) is 0. The van der Waals surface area contributed by atoms with Crippen LogP contribution in [0.4, 0.5) is 70.2 Å². The highest BCUT2D eigenvalue weighted by Crippen LogP contribution is 2.64. The standard InChI is InChI=1S/C8F16I2/c9-1(10,3(13,14)5(17,18)7(21,22)25)2(11,12)4(15,16)6(19,20)8(23,24)26. The fourth-order valence-electron chi connectivity index (χ4n) is 1.14. The van der Waals surface area contributed by atoms with Crippen molar-refractivity contribution in [3.63, 3.8) is 0 Å². The SMILES string of the molecule is FC(F)(I)C(F)(F)C(F)(F)C(F)(F)C(F)(F)C(F)(F)C(F)(F)C(F)(F)I. The lowest BCUT2D eigenvalue weighted by atomic mass is 9.91. The van der Waals surface area contributed by atoms with E-state index in [1.807, 2.05) is 0 Å². The maximum atomic E-state index is 13.0. The van der Waals surface area contributed by atoms with Crippen LogP contribution in [0.5, 0.6) is 0 Å². The number of hydrogen-bond acceptors (Lipinski definition) is 0. The van der Waals surface area contributed by atoms with Crippen LogP contribution in [0.3, 0.4) is 0 Å². The molecule has 0 fully saturated rings. The van der Waals surface area contributed by atoms with Crippen LogP contribution >= 0.6 is 45.2 Å². The Morgan fingerprint density at radius 3 is 0.500 bits per heavy atom. The monoisotopic (exact) mass is 654 g/mol. The minimum Gasteiger partial charge on any atom is -0.192 e. The second-order valence-electron chi connectivity index (χ2n) is 4.44. The first-order chi connectivity index (χ1) is 10.8. The van der Waals surface area contributed by atoms with E-state index in [-0.39, 0.29) is 0 Å². The Kier molecular flexibility index (Phi) is 6.51. The van der Waals surface area contributed by atoms with Gasteiger partial charge in [-0.25, -0.2) is 0 Å². The molecule has 0 aliphatic rings. The molecule has 0 atom stereocenters. The summed E-state index contributed by atoms with van der Waals surface area (Å²) in [7, 11) is 0. The molecule has 26 heavy (non-hydrogen) atoms. The van der Waals surface area contributed by atoms with Gasteiger partial charge in [-0.2, -0.15) is 70.2 Å². The summed E-state index contributed by atoms with van der Waals surface area (Å²) in [6.45, 7) is 0. The van der Waals surface area contributed by atoms with Gasteiger partial charge in [0, 0.05) is 45.2 Å². The Bertz CT molecular complexity index is 477. The van der Waals surface area contributed by atoms with E-state index < -0.39 is 88.6 Å². The molecule has 0 nitrogen and oxygen atoms in total. The van der Waals surface area contributed by atoms with Crippen LogP contribution in [-0.4, -0.2) is 43.4 Å². The normalized spacial score (nSPS) is 16.8. The smallest absolute Gasteiger partial charge is 0.192 e. The summed E-state index contributed by atoms with van der Waals surface area (Å²) in [6, 6.07) is 0. The second kappa shape index (κ2) is 6.42. The fourth-order valence-corrected chi connectivity index (χ4v) is 1.82. The Morgan fingerprint density at radius 1 is 0.269 bits per heavy atom. The molecule has 0 aliphatic carbocycles. The van der Waals surface area contributed by atoms with Crippen molar-refractivity contribution in [2.75, 3.05) is 0 Å². The van der Waals surface area contributed by atoms with Gasteiger partial charge in [-0.1, -0.05) is 0 Å². The topological polar surface area (TPSA) is 0 Å². The van der Waals surface area contributed by atoms with E-state index in [1.54, 1.807) is 0 Å². The number of halogens is 18. The number of alkyl halides is 18. The lowest BCUT2D eigenvalue weighted by Gasteiger charge is -2.42. The van der Waals surface area contributed by atoms with Gasteiger partial charge in [0.2, 0.25) is 0 Å². The molecule has 0 saturated heterocycles. The van der Waals surface area contributed by atoms with Crippen LogP contribution in [0.15, 0.2) is 0 Å². The van der Waals surface area contributed by atoms with E-state index in [2.05, 4.69) is 0 Å². The van der Waals surface area contributed by atoms with Gasteiger partial charge in [0.25, 0.3) is 0 Å². The quantitative estimate of drug-likeness (QED) is 0.160. The third-order valence-electron chi connectivity index (χ3n) is 2.68. The first kappa shape index (κ1) is 26.3. The van der Waals surface area contributed by atoms with Crippen molar-refractivity contribution >= 4 is 45.2 Å². The highest BCUT2D eigenvalue weighted by molar-refractivity contribution is 14.1. The summed E-state index contributed by atoms with van der Waals surface area (Å²) in [5.74, 6) is -47.8. The minimum atomic E-state index is -8.33. The summed E-state index contributed by atoms with van der Waals surface area (Å²) < 4.78 is 192. The average Bonchev–Trinajstić information content (AvgIpc) is 2.34. The average molecular weight is 654 g/mol. The summed E-state index contributed by atoms with van der Waals surface area (Å²) in [5.41, 5.74) is 0. The molecular weight excluding hydrogens is 654 g/mol. The lowest BCUT2D eigenvalue weighted by Crippen LogP contribution is -2.73. The third kappa shape index (κ3) is 3.30. The van der Waals surface area contributed by atoms with E-state index in [0.29, 0.717) is 0 Å². The maximum absolute atomic E-state index is 13.0. The zero-order valence-electron chi connectivity index (χ0n) is 10.8. The largest absolute Gasteiger partial charge is 0.387 e. The van der Waals surface area contributed by atoms with E-state index in [0.717, 1.165) is 0 Å². The third-order valence-corrected chi connectivity index (χ3v) is 4.04. The van der Waals surface area contributed by atoms with E-state index >= 15 is 0 Å². The summed E-state index contributed by atoms with van der Waals surface area (Å²) >= 11 is -1.87. The highest BCUT2D eigenvalue weighted by atomic mass is 127. The van der Waals surface area contributed by atoms with Gasteiger partial charge < -0.3 is 0 Å². The molecule has 0 radical (unpaired) electrons. The highest BCUT2D eigenvalue weighted by Gasteiger charge is 2.94. The molecule has 0 N–H and O–H groups in total. The maximum Gasteiger partial charge on any atom is 0.387 e. The Hall–Kier alpha value is 0.340. The van der Waals surface area contributed by atoms with Crippen molar-refractivity contribution in [1.82, 2.24) is 0 Å². The summed E-state index contributed by atoms with van der Waals surface area (Å²) in [6.07, 6.45) is 0. The van der Waals surface area contributed by atoms with Crippen LogP contribution in [-0.2, 0) is 0 Å². The van der Waals surface area contributed by atoms with E-state index in [1.165, 1.54) is 0 Å². The van der Waals surface area contributed by atoms with Crippen molar-refractivity contribution in [2.24, 2.45) is 0 Å². The molecule has 0 rings (SSSR count). The van der Waals surface area contributed by atoms with Crippen molar-refractivity contribution in [1.29, 1.82) is 0 Å².